The molecule has 7 heteroatoms. The van der Waals surface area contributed by atoms with Crippen LogP contribution in [0.3, 0.4) is 0 Å². The molecule has 0 aliphatic carbocycles. The number of hydrogen-bond acceptors (Lipinski definition) is 5. The Morgan fingerprint density at radius 3 is 2.76 bits per heavy atom. The van der Waals surface area contributed by atoms with Crippen molar-refractivity contribution in [3.05, 3.63) is 39.9 Å². The van der Waals surface area contributed by atoms with Crippen molar-refractivity contribution in [1.82, 2.24) is 10.6 Å². The number of aryl methyl sites for hydroxylation is 1. The number of benzene rings is 1. The lowest BCUT2D eigenvalue weighted by molar-refractivity contribution is -0.384. The monoisotopic (exact) mass is 309 g/mol. The van der Waals surface area contributed by atoms with Crippen molar-refractivity contribution in [2.24, 2.45) is 0 Å². The van der Waals surface area contributed by atoms with Gasteiger partial charge in [-0.2, -0.15) is 0 Å². The molecule has 2 N–H and O–H groups in total. The molecule has 1 aromatic carbocycles. The zero-order valence-corrected chi connectivity index (χ0v) is 12.5. The summed E-state index contributed by atoms with van der Waals surface area (Å²) in [6.07, 6.45) is 2.72. The average Bonchev–Trinajstić information content (AvgIpc) is 3.01. The highest BCUT2D eigenvalue weighted by Gasteiger charge is 2.21. The third kappa shape index (κ3) is 5.02. The molecule has 1 unspecified atom stereocenters. The highest BCUT2D eigenvalue weighted by atomic mass is 32.2. The number of unbranched alkanes of at least 4 members (excludes halogenated alkanes) is 1. The van der Waals surface area contributed by atoms with Gasteiger partial charge in [0.25, 0.3) is 5.69 Å². The molecule has 0 radical (unpaired) electrons. The van der Waals surface area contributed by atoms with Crippen LogP contribution in [0.2, 0.25) is 0 Å². The van der Waals surface area contributed by atoms with Gasteiger partial charge in [-0.15, -0.1) is 11.8 Å². The fourth-order valence-electron chi connectivity index (χ4n) is 2.14. The van der Waals surface area contributed by atoms with Crippen LogP contribution in [0.4, 0.5) is 5.69 Å². The van der Waals surface area contributed by atoms with Crippen molar-refractivity contribution in [1.29, 1.82) is 0 Å². The fourth-order valence-corrected chi connectivity index (χ4v) is 3.08. The van der Waals surface area contributed by atoms with Crippen LogP contribution < -0.4 is 10.6 Å². The molecule has 0 aromatic heterocycles. The quantitative estimate of drug-likeness (QED) is 0.455. The highest BCUT2D eigenvalue weighted by Crippen LogP contribution is 2.13. The SMILES string of the molecule is O=C(NCCCCc1ccc([N+](=O)[O-])cc1)C1CSCN1. The Labute approximate surface area is 127 Å². The van der Waals surface area contributed by atoms with Gasteiger partial charge in [-0.3, -0.25) is 20.2 Å². The van der Waals surface area contributed by atoms with E-state index in [4.69, 9.17) is 0 Å². The van der Waals surface area contributed by atoms with Crippen LogP contribution in [-0.2, 0) is 11.2 Å². The smallest absolute Gasteiger partial charge is 0.269 e. The first-order valence-electron chi connectivity index (χ1n) is 6.99. The fraction of sp³-hybridized carbons (Fsp3) is 0.500. The van der Waals surface area contributed by atoms with Crippen molar-refractivity contribution in [3.63, 3.8) is 0 Å². The molecule has 21 heavy (non-hydrogen) atoms. The Morgan fingerprint density at radius 2 is 2.14 bits per heavy atom. The normalized spacial score (nSPS) is 17.6. The van der Waals surface area contributed by atoms with Crippen molar-refractivity contribution >= 4 is 23.4 Å². The maximum absolute atomic E-state index is 11.7. The van der Waals surface area contributed by atoms with Gasteiger partial charge in [-0.1, -0.05) is 12.1 Å². The summed E-state index contributed by atoms with van der Waals surface area (Å²) in [7, 11) is 0. The Bertz CT molecular complexity index is 487. The minimum absolute atomic E-state index is 0.0512. The number of nitrogens with zero attached hydrogens (tertiary/aromatic N) is 1. The molecule has 114 valence electrons. The first-order valence-corrected chi connectivity index (χ1v) is 8.14. The molecular formula is C14H19N3O3S. The summed E-state index contributed by atoms with van der Waals surface area (Å²) in [6, 6.07) is 6.58. The van der Waals surface area contributed by atoms with Gasteiger partial charge >= 0.3 is 0 Å². The lowest BCUT2D eigenvalue weighted by atomic mass is 10.1. The van der Waals surface area contributed by atoms with Crippen LogP contribution in [0.1, 0.15) is 18.4 Å². The van der Waals surface area contributed by atoms with Gasteiger partial charge < -0.3 is 5.32 Å². The Hall–Kier alpha value is -1.60. The number of nitrogens with one attached hydrogen (secondary N) is 2. The van der Waals surface area contributed by atoms with E-state index in [1.165, 1.54) is 12.1 Å². The number of nitro benzene ring substituents is 1. The number of carbonyl (C=O) groups is 1. The summed E-state index contributed by atoms with van der Waals surface area (Å²) in [5.74, 6) is 1.77. The lowest BCUT2D eigenvalue weighted by Crippen LogP contribution is -2.42. The second-order valence-corrected chi connectivity index (χ2v) is 5.97. The number of hydrogen-bond donors (Lipinski definition) is 2. The molecule has 1 fully saturated rings. The molecule has 2 rings (SSSR count). The number of carbonyl (C=O) groups excluding carboxylic acids is 1. The molecule has 0 bridgehead atoms. The number of non-ortho nitro benzene ring substituents is 1. The molecule has 1 atom stereocenters. The molecule has 1 aromatic rings. The third-order valence-electron chi connectivity index (χ3n) is 3.37. The van der Waals surface area contributed by atoms with Crippen LogP contribution in [0.15, 0.2) is 24.3 Å². The molecule has 1 heterocycles. The molecule has 1 aliphatic heterocycles. The standard InChI is InChI=1S/C14H19N3O3S/c18-14(13-9-21-10-16-13)15-8-2-1-3-11-4-6-12(7-5-11)17(19)20/h4-7,13,16H,1-3,8-10H2,(H,15,18). The number of thioether (sulfide) groups is 1. The van der Waals surface area contributed by atoms with Gasteiger partial charge in [-0.25, -0.2) is 0 Å². The van der Waals surface area contributed by atoms with Crippen LogP contribution >= 0.6 is 11.8 Å². The van der Waals surface area contributed by atoms with Crippen molar-refractivity contribution < 1.29 is 9.72 Å². The number of nitro groups is 1. The zero-order chi connectivity index (χ0) is 15.1. The van der Waals surface area contributed by atoms with E-state index in [0.29, 0.717) is 6.54 Å². The highest BCUT2D eigenvalue weighted by molar-refractivity contribution is 7.99. The molecule has 6 nitrogen and oxygen atoms in total. The Morgan fingerprint density at radius 1 is 1.38 bits per heavy atom. The van der Waals surface area contributed by atoms with E-state index in [-0.39, 0.29) is 17.6 Å². The minimum Gasteiger partial charge on any atom is -0.355 e. The molecule has 0 saturated carbocycles. The largest absolute Gasteiger partial charge is 0.355 e. The second-order valence-electron chi connectivity index (χ2n) is 4.94. The predicted molar refractivity (Wildman–Crippen MR) is 83.3 cm³/mol. The van der Waals surface area contributed by atoms with Gasteiger partial charge in [0.1, 0.15) is 0 Å². The summed E-state index contributed by atoms with van der Waals surface area (Å²) < 4.78 is 0. The maximum Gasteiger partial charge on any atom is 0.269 e. The van der Waals surface area contributed by atoms with Gasteiger partial charge in [0.2, 0.25) is 5.91 Å². The van der Waals surface area contributed by atoms with E-state index in [1.54, 1.807) is 23.9 Å². The van der Waals surface area contributed by atoms with Crippen molar-refractivity contribution in [2.75, 3.05) is 18.2 Å². The Balaban J connectivity index is 1.61. The van der Waals surface area contributed by atoms with E-state index >= 15 is 0 Å². The second kappa shape index (κ2) is 7.99. The Kier molecular flexibility index (Phi) is 6.01. The first-order chi connectivity index (χ1) is 10.2. The molecule has 1 saturated heterocycles. The minimum atomic E-state index is -0.394. The number of amides is 1. The summed E-state index contributed by atoms with van der Waals surface area (Å²) >= 11 is 1.73. The van der Waals surface area contributed by atoms with Gasteiger partial charge in [0.15, 0.2) is 0 Å². The van der Waals surface area contributed by atoms with E-state index in [2.05, 4.69) is 10.6 Å². The molecular weight excluding hydrogens is 290 g/mol. The predicted octanol–water partition coefficient (Wildman–Crippen LogP) is 1.70. The number of rotatable bonds is 7. The summed E-state index contributed by atoms with van der Waals surface area (Å²) in [6.45, 7) is 0.675. The van der Waals surface area contributed by atoms with E-state index in [9.17, 15) is 14.9 Å². The topological polar surface area (TPSA) is 84.3 Å². The van der Waals surface area contributed by atoms with Crippen molar-refractivity contribution in [2.45, 2.75) is 25.3 Å². The summed E-state index contributed by atoms with van der Waals surface area (Å²) in [4.78, 5) is 21.9. The van der Waals surface area contributed by atoms with Crippen molar-refractivity contribution in [3.8, 4) is 0 Å². The molecule has 0 spiro atoms. The van der Waals surface area contributed by atoms with Crippen LogP contribution in [0, 0.1) is 10.1 Å². The average molecular weight is 309 g/mol. The first kappa shape index (κ1) is 15.8. The van der Waals surface area contributed by atoms with E-state index < -0.39 is 4.92 Å². The van der Waals surface area contributed by atoms with E-state index in [1.807, 2.05) is 0 Å². The lowest BCUT2D eigenvalue weighted by Gasteiger charge is -2.10. The molecule has 1 amide bonds. The van der Waals surface area contributed by atoms with Gasteiger partial charge in [-0.05, 0) is 24.8 Å². The summed E-state index contributed by atoms with van der Waals surface area (Å²) in [5.41, 5.74) is 1.20. The summed E-state index contributed by atoms with van der Waals surface area (Å²) in [5, 5.41) is 16.6. The van der Waals surface area contributed by atoms with Crippen LogP contribution in [0.25, 0.3) is 0 Å². The van der Waals surface area contributed by atoms with Gasteiger partial charge in [0.05, 0.1) is 11.0 Å². The van der Waals surface area contributed by atoms with Crippen LogP contribution in [-0.4, -0.2) is 35.0 Å². The molecule has 1 aliphatic rings. The van der Waals surface area contributed by atoms with Gasteiger partial charge in [0, 0.05) is 30.3 Å². The van der Waals surface area contributed by atoms with E-state index in [0.717, 1.165) is 36.5 Å². The van der Waals surface area contributed by atoms with Crippen LogP contribution in [0.5, 0.6) is 0 Å². The maximum atomic E-state index is 11.7. The zero-order valence-electron chi connectivity index (χ0n) is 11.7. The third-order valence-corrected chi connectivity index (χ3v) is 4.31.